The lowest BCUT2D eigenvalue weighted by Gasteiger charge is -2.28. The molecule has 1 aliphatic rings. The summed E-state index contributed by atoms with van der Waals surface area (Å²) in [6, 6.07) is 0. The van der Waals surface area contributed by atoms with Crippen LogP contribution in [0.25, 0.3) is 0 Å². The summed E-state index contributed by atoms with van der Waals surface area (Å²) in [7, 11) is -0.911. The molecule has 3 heteroatoms. The first-order valence-electron chi connectivity index (χ1n) is 5.09. The molecule has 1 nitrogen and oxygen atoms in total. The van der Waals surface area contributed by atoms with Crippen molar-refractivity contribution in [3.8, 4) is 0 Å². The average molecular weight is 215 g/mol. The topological polar surface area (TPSA) is 26.0 Å². The quantitative estimate of drug-likeness (QED) is 0.715. The summed E-state index contributed by atoms with van der Waals surface area (Å²) in [5.74, 6) is 0. The number of hydrogen-bond donors (Lipinski definition) is 1. The molecule has 1 rings (SSSR count). The van der Waals surface area contributed by atoms with Gasteiger partial charge in [-0.3, -0.25) is 0 Å². The minimum absolute atomic E-state index is 0.911. The van der Waals surface area contributed by atoms with E-state index in [4.69, 9.17) is 5.73 Å². The molecule has 1 aliphatic carbocycles. The Hall–Kier alpha value is 0.107. The minimum Gasteiger partial charge on any atom is -0.405 e. The Labute approximate surface area is 86.8 Å². The lowest BCUT2D eigenvalue weighted by molar-refractivity contribution is 0.614. The van der Waals surface area contributed by atoms with Gasteiger partial charge >= 0.3 is 0 Å². The van der Waals surface area contributed by atoms with Crippen molar-refractivity contribution in [2.24, 2.45) is 5.73 Å². The van der Waals surface area contributed by atoms with Crippen molar-refractivity contribution in [3.63, 3.8) is 0 Å². The monoisotopic (exact) mass is 215 g/mol. The van der Waals surface area contributed by atoms with E-state index in [9.17, 15) is 0 Å². The molecule has 1 fully saturated rings. The van der Waals surface area contributed by atoms with Gasteiger partial charge in [0.2, 0.25) is 0 Å². The van der Waals surface area contributed by atoms with Crippen LogP contribution in [0.3, 0.4) is 0 Å². The van der Waals surface area contributed by atoms with Crippen molar-refractivity contribution in [2.45, 2.75) is 50.6 Å². The highest BCUT2D eigenvalue weighted by Gasteiger charge is 2.23. The molecule has 2 N–H and O–H groups in total. The van der Waals surface area contributed by atoms with Crippen LogP contribution in [-0.2, 0) is 0 Å². The highest BCUT2D eigenvalue weighted by Crippen LogP contribution is 2.35. The summed E-state index contributed by atoms with van der Waals surface area (Å²) >= 11 is 2.26. The fourth-order valence-electron chi connectivity index (χ4n) is 1.75. The molecule has 0 heterocycles. The molecule has 0 saturated heterocycles. The highest BCUT2D eigenvalue weighted by atomic mass is 32.4. The van der Waals surface area contributed by atoms with E-state index in [1.165, 1.54) is 31.3 Å². The van der Waals surface area contributed by atoms with Gasteiger partial charge in [-0.25, -0.2) is 0 Å². The van der Waals surface area contributed by atoms with Crippen molar-refractivity contribution in [3.05, 3.63) is 11.8 Å². The molecule has 0 bridgehead atoms. The van der Waals surface area contributed by atoms with Crippen LogP contribution in [0.15, 0.2) is 11.8 Å². The molecule has 0 spiro atoms. The number of allylic oxidation sites excluding steroid dienone is 1. The van der Waals surface area contributed by atoms with Crippen molar-refractivity contribution in [2.75, 3.05) is 0 Å². The molecule has 0 amide bonds. The Morgan fingerprint density at radius 2 is 1.85 bits per heavy atom. The molecule has 0 atom stereocenters. The standard InChI is InChI=1S/C10H21NSSi/c1-13(2,3)12-10-6-4-9(8-11)5-7-10/h8,10H,4-7,11H2,1-3H3. The minimum atomic E-state index is -0.911. The van der Waals surface area contributed by atoms with E-state index in [1.54, 1.807) is 0 Å². The number of nitrogens with two attached hydrogens (primary N) is 1. The van der Waals surface area contributed by atoms with Gasteiger partial charge in [-0.1, -0.05) is 25.2 Å². The lowest BCUT2D eigenvalue weighted by atomic mass is 9.95. The highest BCUT2D eigenvalue weighted by molar-refractivity contribution is 8.29. The Morgan fingerprint density at radius 1 is 1.31 bits per heavy atom. The van der Waals surface area contributed by atoms with Crippen LogP contribution in [0.4, 0.5) is 0 Å². The van der Waals surface area contributed by atoms with Gasteiger partial charge in [0.15, 0.2) is 0 Å². The Bertz CT molecular complexity index is 186. The predicted molar refractivity (Wildman–Crippen MR) is 65.5 cm³/mol. The van der Waals surface area contributed by atoms with Gasteiger partial charge in [-0.15, -0.1) is 0 Å². The lowest BCUT2D eigenvalue weighted by Crippen LogP contribution is -2.22. The van der Waals surface area contributed by atoms with Gasteiger partial charge in [0.05, 0.1) is 0 Å². The van der Waals surface area contributed by atoms with E-state index >= 15 is 0 Å². The van der Waals surface area contributed by atoms with Crippen LogP contribution in [0, 0.1) is 0 Å². The molecule has 13 heavy (non-hydrogen) atoms. The van der Waals surface area contributed by atoms with Gasteiger partial charge < -0.3 is 5.73 Å². The van der Waals surface area contributed by atoms with Gasteiger partial charge in [0.1, 0.15) is 7.22 Å². The number of hydrogen-bond acceptors (Lipinski definition) is 2. The van der Waals surface area contributed by atoms with Crippen LogP contribution < -0.4 is 5.73 Å². The SMILES string of the molecule is C[Si](C)(C)SC1CCC(=CN)CC1. The third-order valence-electron chi connectivity index (χ3n) is 2.33. The second-order valence-electron chi connectivity index (χ2n) is 4.75. The molecule has 0 aromatic carbocycles. The maximum absolute atomic E-state index is 5.52. The summed E-state index contributed by atoms with van der Waals surface area (Å²) in [5.41, 5.74) is 6.98. The molecule has 0 aromatic rings. The molecule has 0 unspecified atom stereocenters. The van der Waals surface area contributed by atoms with Crippen LogP contribution in [0.1, 0.15) is 25.7 Å². The Morgan fingerprint density at radius 3 is 2.23 bits per heavy atom. The van der Waals surface area contributed by atoms with Crippen LogP contribution >= 0.6 is 11.2 Å². The van der Waals surface area contributed by atoms with E-state index in [0.717, 1.165) is 5.25 Å². The van der Waals surface area contributed by atoms with E-state index in [0.29, 0.717) is 0 Å². The zero-order valence-corrected chi connectivity index (χ0v) is 10.8. The first-order valence-corrected chi connectivity index (χ1v) is 10.2. The summed E-state index contributed by atoms with van der Waals surface area (Å²) in [6.45, 7) is 7.31. The zero-order valence-electron chi connectivity index (χ0n) is 8.97. The first-order chi connectivity index (χ1) is 6.01. The normalized spacial score (nSPS) is 24.5. The number of rotatable bonds is 2. The van der Waals surface area contributed by atoms with Gasteiger partial charge in [-0.05, 0) is 37.1 Å². The van der Waals surface area contributed by atoms with Crippen molar-refractivity contribution in [1.82, 2.24) is 0 Å². The predicted octanol–water partition coefficient (Wildman–Crippen LogP) is 3.34. The summed E-state index contributed by atoms with van der Waals surface area (Å²) < 4.78 is 0. The van der Waals surface area contributed by atoms with Crippen molar-refractivity contribution in [1.29, 1.82) is 0 Å². The molecular weight excluding hydrogens is 194 g/mol. The Kier molecular flexibility index (Phi) is 3.92. The fourth-order valence-corrected chi connectivity index (χ4v) is 6.93. The maximum atomic E-state index is 5.52. The smallest absolute Gasteiger partial charge is 0.108 e. The summed E-state index contributed by atoms with van der Waals surface area (Å²) in [5, 5.41) is 0.912. The third kappa shape index (κ3) is 4.23. The van der Waals surface area contributed by atoms with Crippen LogP contribution in [0.5, 0.6) is 0 Å². The van der Waals surface area contributed by atoms with Crippen LogP contribution in [0.2, 0.25) is 19.6 Å². The van der Waals surface area contributed by atoms with Gasteiger partial charge in [0, 0.05) is 0 Å². The molecule has 0 aromatic heterocycles. The maximum Gasteiger partial charge on any atom is 0.108 e. The van der Waals surface area contributed by atoms with Gasteiger partial charge in [-0.2, -0.15) is 11.2 Å². The second kappa shape index (κ2) is 4.56. The van der Waals surface area contributed by atoms with Crippen molar-refractivity contribution < 1.29 is 0 Å². The zero-order chi connectivity index (χ0) is 9.90. The summed E-state index contributed by atoms with van der Waals surface area (Å²) in [6.07, 6.45) is 6.97. The molecule has 0 aliphatic heterocycles. The first kappa shape index (κ1) is 11.2. The summed E-state index contributed by atoms with van der Waals surface area (Å²) in [4.78, 5) is 0. The molecule has 1 saturated carbocycles. The van der Waals surface area contributed by atoms with Gasteiger partial charge in [0.25, 0.3) is 0 Å². The average Bonchev–Trinajstić information content (AvgIpc) is 2.03. The third-order valence-corrected chi connectivity index (χ3v) is 6.96. The Balaban J connectivity index is 2.33. The fraction of sp³-hybridized carbons (Fsp3) is 0.800. The van der Waals surface area contributed by atoms with E-state index in [-0.39, 0.29) is 0 Å². The van der Waals surface area contributed by atoms with E-state index in [2.05, 4.69) is 30.9 Å². The molecular formula is C10H21NSSi. The van der Waals surface area contributed by atoms with E-state index < -0.39 is 7.22 Å². The molecule has 0 radical (unpaired) electrons. The van der Waals surface area contributed by atoms with Crippen LogP contribution in [-0.4, -0.2) is 12.5 Å². The van der Waals surface area contributed by atoms with Crippen molar-refractivity contribution >= 4 is 18.4 Å². The molecule has 76 valence electrons. The largest absolute Gasteiger partial charge is 0.405 e. The second-order valence-corrected chi connectivity index (χ2v) is 14.3. The van der Waals surface area contributed by atoms with E-state index in [1.807, 2.05) is 6.20 Å².